The van der Waals surface area contributed by atoms with Crippen molar-refractivity contribution >= 4 is 60.3 Å². The van der Waals surface area contributed by atoms with Crippen LogP contribution < -0.4 is 0 Å². The Hall–Kier alpha value is -7.55. The van der Waals surface area contributed by atoms with Gasteiger partial charge >= 0.3 is 0 Å². The van der Waals surface area contributed by atoms with Crippen LogP contribution in [-0.2, 0) is 0 Å². The van der Waals surface area contributed by atoms with Crippen molar-refractivity contribution in [2.24, 2.45) is 4.99 Å². The first-order valence-electron chi connectivity index (χ1n) is 19.8. The van der Waals surface area contributed by atoms with Crippen molar-refractivity contribution in [3.63, 3.8) is 0 Å². The first kappa shape index (κ1) is 34.9. The van der Waals surface area contributed by atoms with Crippen LogP contribution in [0.25, 0.3) is 82.6 Å². The number of nitrogens with zero attached hydrogens (tertiary/aromatic N) is 2. The van der Waals surface area contributed by atoms with E-state index in [1.807, 2.05) is 24.3 Å². The van der Waals surface area contributed by atoms with Crippen molar-refractivity contribution in [1.82, 2.24) is 4.57 Å². The lowest BCUT2D eigenvalue weighted by atomic mass is 9.96. The zero-order chi connectivity index (χ0) is 39.0. The molecule has 0 saturated carbocycles. The molecular weight excluding hydrogens is 701 g/mol. The van der Waals surface area contributed by atoms with Crippen molar-refractivity contribution in [3.8, 4) is 27.9 Å². The predicted octanol–water partition coefficient (Wildman–Crippen LogP) is 15.0. The summed E-state index contributed by atoms with van der Waals surface area (Å²) in [5.74, 6) is 0. The van der Waals surface area contributed by atoms with E-state index in [1.54, 1.807) is 0 Å². The number of aliphatic imine (C=N–C) groups is 1. The van der Waals surface area contributed by atoms with Crippen molar-refractivity contribution in [2.45, 2.75) is 6.92 Å². The summed E-state index contributed by atoms with van der Waals surface area (Å²) in [6.07, 6.45) is 2.17. The summed E-state index contributed by atoms with van der Waals surface area (Å²) in [5.41, 5.74) is 14.4. The minimum absolute atomic E-state index is 0.736. The quantitative estimate of drug-likeness (QED) is 0.138. The highest BCUT2D eigenvalue weighted by Gasteiger charge is 2.13. The lowest BCUT2D eigenvalue weighted by Crippen LogP contribution is -1.99. The molecule has 0 N–H and O–H groups in total. The van der Waals surface area contributed by atoms with Gasteiger partial charge in [0.25, 0.3) is 0 Å². The van der Waals surface area contributed by atoms with E-state index in [0.717, 1.165) is 28.1 Å². The summed E-state index contributed by atoms with van der Waals surface area (Å²) < 4.78 is 2.38. The van der Waals surface area contributed by atoms with Crippen LogP contribution in [-0.4, -0.2) is 10.3 Å². The maximum absolute atomic E-state index is 5.08. The molecule has 58 heavy (non-hydrogen) atoms. The Kier molecular flexibility index (Phi) is 8.93. The Morgan fingerprint density at radius 1 is 0.431 bits per heavy atom. The number of rotatable bonds is 8. The van der Waals surface area contributed by atoms with E-state index >= 15 is 0 Å². The number of fused-ring (bicyclic) bond motifs is 5. The standard InChI is InChI=1S/C56H40N2/c1-38(40-13-5-3-6-14-40)33-54(57-39(2)41-15-7-4-8-16-41)50-30-29-46-34-44(25-27-47(46)36-50)42-21-23-43(24-22-42)45-26-28-49-37-51(32-31-48(49)35-45)58-55-19-11-9-17-52(55)53-18-10-12-20-56(53)58/h3-37H,2H2,1H3/b38-33+,57-54?. The monoisotopic (exact) mass is 740 g/mol. The molecule has 0 saturated heterocycles. The number of hydrogen-bond donors (Lipinski definition) is 0. The third-order valence-corrected chi connectivity index (χ3v) is 11.3. The fourth-order valence-corrected chi connectivity index (χ4v) is 8.20. The molecule has 0 fully saturated rings. The maximum Gasteiger partial charge on any atom is 0.0712 e. The lowest BCUT2D eigenvalue weighted by Gasteiger charge is -2.11. The van der Waals surface area contributed by atoms with Crippen molar-refractivity contribution in [2.75, 3.05) is 0 Å². The van der Waals surface area contributed by atoms with Gasteiger partial charge in [0.1, 0.15) is 0 Å². The van der Waals surface area contributed by atoms with Crippen LogP contribution in [0.5, 0.6) is 0 Å². The Bertz CT molecular complexity index is 3170. The summed E-state index contributed by atoms with van der Waals surface area (Å²) in [7, 11) is 0. The van der Waals surface area contributed by atoms with Gasteiger partial charge < -0.3 is 4.57 Å². The zero-order valence-corrected chi connectivity index (χ0v) is 32.3. The fourth-order valence-electron chi connectivity index (χ4n) is 8.20. The van der Waals surface area contributed by atoms with Gasteiger partial charge in [0.2, 0.25) is 0 Å². The smallest absolute Gasteiger partial charge is 0.0712 e. The lowest BCUT2D eigenvalue weighted by molar-refractivity contribution is 1.19. The van der Waals surface area contributed by atoms with Crippen LogP contribution in [0.15, 0.2) is 224 Å². The number of para-hydroxylation sites is 2. The molecule has 1 heterocycles. The Labute approximate surface area is 339 Å². The first-order chi connectivity index (χ1) is 28.6. The van der Waals surface area contributed by atoms with Gasteiger partial charge in [-0.15, -0.1) is 0 Å². The number of hydrogen-bond acceptors (Lipinski definition) is 1. The minimum Gasteiger partial charge on any atom is -0.309 e. The van der Waals surface area contributed by atoms with Crippen LogP contribution in [0, 0.1) is 0 Å². The van der Waals surface area contributed by atoms with Crippen LogP contribution in [0.3, 0.4) is 0 Å². The van der Waals surface area contributed by atoms with Gasteiger partial charge in [0.05, 0.1) is 22.4 Å². The highest BCUT2D eigenvalue weighted by molar-refractivity contribution is 6.15. The number of allylic oxidation sites excluding steroid dienone is 2. The molecule has 0 atom stereocenters. The number of benzene rings is 9. The predicted molar refractivity (Wildman–Crippen MR) is 249 cm³/mol. The van der Waals surface area contributed by atoms with E-state index in [1.165, 1.54) is 76.9 Å². The molecule has 2 heteroatoms. The first-order valence-corrected chi connectivity index (χ1v) is 19.8. The molecule has 1 aromatic heterocycles. The van der Waals surface area contributed by atoms with Gasteiger partial charge in [-0.3, -0.25) is 0 Å². The highest BCUT2D eigenvalue weighted by atomic mass is 15.0. The number of aromatic nitrogens is 1. The molecule has 0 aliphatic carbocycles. The van der Waals surface area contributed by atoms with E-state index in [9.17, 15) is 0 Å². The summed E-state index contributed by atoms with van der Waals surface area (Å²) in [6.45, 7) is 6.46. The van der Waals surface area contributed by atoms with Gasteiger partial charge in [-0.05, 0) is 116 Å². The molecule has 10 aromatic rings. The molecule has 0 spiro atoms. The second-order valence-electron chi connectivity index (χ2n) is 15.0. The average Bonchev–Trinajstić information content (AvgIpc) is 3.63. The molecule has 9 aromatic carbocycles. The van der Waals surface area contributed by atoms with Crippen LogP contribution in [0.1, 0.15) is 23.6 Å². The summed E-state index contributed by atoms with van der Waals surface area (Å²) in [5, 5.41) is 7.35. The van der Waals surface area contributed by atoms with E-state index < -0.39 is 0 Å². The molecule has 274 valence electrons. The van der Waals surface area contributed by atoms with Gasteiger partial charge in [-0.25, -0.2) is 4.99 Å². The van der Waals surface area contributed by atoms with Gasteiger partial charge in [-0.2, -0.15) is 0 Å². The third-order valence-electron chi connectivity index (χ3n) is 11.3. The van der Waals surface area contributed by atoms with Crippen molar-refractivity contribution < 1.29 is 0 Å². The molecule has 0 aliphatic heterocycles. The second kappa shape index (κ2) is 14.8. The summed E-state index contributed by atoms with van der Waals surface area (Å²) in [4.78, 5) is 5.08. The molecule has 0 unspecified atom stereocenters. The van der Waals surface area contributed by atoms with E-state index in [4.69, 9.17) is 4.99 Å². The van der Waals surface area contributed by atoms with Crippen molar-refractivity contribution in [3.05, 3.63) is 236 Å². The Morgan fingerprint density at radius 3 is 1.50 bits per heavy atom. The normalized spacial score (nSPS) is 12.2. The van der Waals surface area contributed by atoms with Gasteiger partial charge in [0, 0.05) is 22.0 Å². The zero-order valence-electron chi connectivity index (χ0n) is 32.3. The van der Waals surface area contributed by atoms with Gasteiger partial charge in [-0.1, -0.05) is 170 Å². The van der Waals surface area contributed by atoms with E-state index in [2.05, 4.69) is 206 Å². The van der Waals surface area contributed by atoms with Crippen molar-refractivity contribution in [1.29, 1.82) is 0 Å². The molecule has 0 amide bonds. The van der Waals surface area contributed by atoms with E-state index in [-0.39, 0.29) is 0 Å². The SMILES string of the molecule is C=C(N=C(/C=C(\C)c1ccccc1)c1ccc2cc(-c3ccc(-c4ccc5cc(-n6c7ccccc7c7ccccc76)ccc5c4)cc3)ccc2c1)c1ccccc1. The molecule has 2 nitrogen and oxygen atoms in total. The molecular formula is C56H40N2. The minimum atomic E-state index is 0.736. The summed E-state index contributed by atoms with van der Waals surface area (Å²) in [6, 6.07) is 73.8. The van der Waals surface area contributed by atoms with Crippen LogP contribution in [0.4, 0.5) is 0 Å². The highest BCUT2D eigenvalue weighted by Crippen LogP contribution is 2.34. The second-order valence-corrected chi connectivity index (χ2v) is 15.0. The molecule has 0 bridgehead atoms. The van der Waals surface area contributed by atoms with Gasteiger partial charge in [0.15, 0.2) is 0 Å². The van der Waals surface area contributed by atoms with Crippen LogP contribution in [0.2, 0.25) is 0 Å². The summed E-state index contributed by atoms with van der Waals surface area (Å²) >= 11 is 0. The molecule has 0 radical (unpaired) electrons. The topological polar surface area (TPSA) is 17.3 Å². The van der Waals surface area contributed by atoms with E-state index in [0.29, 0.717) is 0 Å². The molecule has 0 aliphatic rings. The Balaban J connectivity index is 0.925. The largest absolute Gasteiger partial charge is 0.309 e. The average molecular weight is 741 g/mol. The van der Waals surface area contributed by atoms with Crippen LogP contribution >= 0.6 is 0 Å². The maximum atomic E-state index is 5.08. The molecule has 10 rings (SSSR count). The third kappa shape index (κ3) is 6.61. The fraction of sp³-hybridized carbons (Fsp3) is 0.0179. The Morgan fingerprint density at radius 2 is 0.897 bits per heavy atom.